The van der Waals surface area contributed by atoms with Gasteiger partial charge in [-0.25, -0.2) is 0 Å². The Hall–Kier alpha value is 0.400. The average Bonchev–Trinajstić information content (AvgIpc) is 1.65. The van der Waals surface area contributed by atoms with Crippen molar-refractivity contribution >= 4 is 43.6 Å². The number of carbonyl (C=O) groups excluding carboxylic acids is 2. The summed E-state index contributed by atoms with van der Waals surface area (Å²) in [6.07, 6.45) is 0.722. The Labute approximate surface area is 78.1 Å². The monoisotopic (exact) mass is 156 g/mol. The molecule has 0 aromatic carbocycles. The van der Waals surface area contributed by atoms with E-state index in [2.05, 4.69) is 0 Å². The van der Waals surface area contributed by atoms with Crippen LogP contribution in [0.15, 0.2) is 0 Å². The summed E-state index contributed by atoms with van der Waals surface area (Å²) in [6.45, 7) is 2.85. The molecule has 3 nitrogen and oxygen atoms in total. The van der Waals surface area contributed by atoms with Gasteiger partial charge in [0.1, 0.15) is 0 Å². The first-order chi connectivity index (χ1) is 4.00. The van der Waals surface area contributed by atoms with E-state index in [9.17, 15) is 4.79 Å². The van der Waals surface area contributed by atoms with Crippen LogP contribution in [0.4, 0.5) is 0 Å². The molecule has 0 heterocycles. The van der Waals surface area contributed by atoms with Crippen LogP contribution < -0.4 is 5.11 Å². The van der Waals surface area contributed by atoms with Crippen LogP contribution in [-0.4, -0.2) is 43.6 Å². The minimum atomic E-state index is -1.08. The van der Waals surface area contributed by atoms with Gasteiger partial charge in [0.25, 0.3) is 0 Å². The molecule has 0 fully saturated rings. The van der Waals surface area contributed by atoms with E-state index < -0.39 is 5.97 Å². The molecule has 0 N–H and O–H groups in total. The van der Waals surface area contributed by atoms with Gasteiger partial charge in [0.2, 0.25) is 0 Å². The van der Waals surface area contributed by atoms with Crippen molar-refractivity contribution in [3.05, 3.63) is 0 Å². The van der Waals surface area contributed by atoms with Crippen molar-refractivity contribution in [1.29, 1.82) is 0 Å². The maximum absolute atomic E-state index is 9.87. The molecule has 0 spiro atoms. The summed E-state index contributed by atoms with van der Waals surface area (Å²) in [5, 5.41) is 8.89. The molecule has 4 heteroatoms. The Morgan fingerprint density at radius 2 is 1.67 bits per heavy atom. The first kappa shape index (κ1) is 12.1. The number of carbonyl (C=O) groups is 2. The first-order valence-corrected chi connectivity index (χ1v) is 3.63. The second-order valence-corrected chi connectivity index (χ2v) is 2.62. The zero-order valence-corrected chi connectivity index (χ0v) is 7.85. The summed E-state index contributed by atoms with van der Waals surface area (Å²) in [6, 6.07) is 0. The molecule has 0 aliphatic rings. The van der Waals surface area contributed by atoms with Crippen LogP contribution >= 0.6 is 0 Å². The fourth-order valence-electron chi connectivity index (χ4n) is 0. The first-order valence-electron chi connectivity index (χ1n) is 2.53. The number of carboxylic acids is 1. The van der Waals surface area contributed by atoms with Crippen molar-refractivity contribution in [1.82, 2.24) is 0 Å². The van der Waals surface area contributed by atoms with Crippen molar-refractivity contribution in [2.75, 3.05) is 0 Å². The second kappa shape index (κ2) is 8.40. The Bertz CT molecular complexity index is 96.4. The van der Waals surface area contributed by atoms with Gasteiger partial charge in [-0.15, -0.1) is 0 Å². The van der Waals surface area contributed by atoms with Crippen LogP contribution in [0.3, 0.4) is 0 Å². The van der Waals surface area contributed by atoms with E-state index in [1.165, 1.54) is 0 Å². The third-order valence-corrected chi connectivity index (χ3v) is 1.18. The second-order valence-electron chi connectivity index (χ2n) is 1.38. The molecule has 0 saturated carbocycles. The molecule has 0 aromatic heterocycles. The molecular weight excluding hydrogens is 148 g/mol. The van der Waals surface area contributed by atoms with Gasteiger partial charge >= 0.3 is 55.8 Å². The van der Waals surface area contributed by atoms with Gasteiger partial charge in [-0.05, 0) is 6.92 Å². The fraction of sp³-hybridized carbons (Fsp3) is 0.600. The Morgan fingerprint density at radius 3 is 1.67 bits per heavy atom. The number of hydrogen-bond acceptors (Lipinski definition) is 3. The van der Waals surface area contributed by atoms with E-state index in [1.807, 2.05) is 6.92 Å². The fourth-order valence-corrected chi connectivity index (χ4v) is 0. The van der Waals surface area contributed by atoms with Crippen molar-refractivity contribution in [3.8, 4) is 0 Å². The van der Waals surface area contributed by atoms with E-state index in [0.29, 0.717) is 1.88 Å². The van der Waals surface area contributed by atoms with E-state index in [0.717, 1.165) is 49.1 Å². The predicted molar refractivity (Wildman–Crippen MR) is 31.7 cm³/mol. The van der Waals surface area contributed by atoms with Crippen LogP contribution in [-0.2, 0) is 9.59 Å². The van der Waals surface area contributed by atoms with Gasteiger partial charge in [-0.1, -0.05) is 0 Å². The molecule has 9 heavy (non-hydrogen) atoms. The normalized spacial score (nSPS) is 7.11. The van der Waals surface area contributed by atoms with E-state index in [1.54, 1.807) is 0 Å². The van der Waals surface area contributed by atoms with Crippen LogP contribution in [0.2, 0.25) is 0 Å². The number of aliphatic carboxylic acids is 1. The molecule has 0 unspecified atom stereocenters. The maximum atomic E-state index is 9.87. The Balaban J connectivity index is 0. The quantitative estimate of drug-likeness (QED) is 0.450. The molecule has 0 aliphatic carbocycles. The third-order valence-electron chi connectivity index (χ3n) is 0.394. The van der Waals surface area contributed by atoms with Gasteiger partial charge in [-0.3, -0.25) is 0 Å². The third kappa shape index (κ3) is 59.7. The molecule has 0 aromatic rings. The topological polar surface area (TPSA) is 57.2 Å². The van der Waals surface area contributed by atoms with Crippen molar-refractivity contribution in [2.45, 2.75) is 20.3 Å². The van der Waals surface area contributed by atoms with Crippen LogP contribution in [0, 0.1) is 0 Å². The summed E-state index contributed by atoms with van der Waals surface area (Å²) < 4.78 is 0.380. The van der Waals surface area contributed by atoms with Gasteiger partial charge in [0.05, 0.1) is 0 Å². The molecule has 0 amide bonds. The molecule has 0 saturated heterocycles. The summed E-state index contributed by atoms with van der Waals surface area (Å²) in [4.78, 5) is 18.8. The van der Waals surface area contributed by atoms with E-state index >= 15 is 0 Å². The summed E-state index contributed by atoms with van der Waals surface area (Å²) in [7, 11) is 0. The molecule has 0 atom stereocenters. The molecular formula is C5H8CaO3. The van der Waals surface area contributed by atoms with Crippen molar-refractivity contribution < 1.29 is 14.7 Å². The molecule has 0 bridgehead atoms. The van der Waals surface area contributed by atoms with Gasteiger partial charge in [0, 0.05) is 5.97 Å². The zero-order chi connectivity index (χ0) is 7.86. The van der Waals surface area contributed by atoms with E-state index in [4.69, 9.17) is 9.90 Å². The SMILES string of the molecule is CC(=O)[O-].CC[C](=O)[Ca+]. The molecule has 0 radical (unpaired) electrons. The predicted octanol–water partition coefficient (Wildman–Crippen LogP) is -1.15. The summed E-state index contributed by atoms with van der Waals surface area (Å²) in [5.41, 5.74) is 0. The van der Waals surface area contributed by atoms with Gasteiger partial charge in [-0.2, -0.15) is 0 Å². The van der Waals surface area contributed by atoms with Crippen LogP contribution in [0.25, 0.3) is 0 Å². The molecule has 0 rings (SSSR count). The Morgan fingerprint density at radius 1 is 1.56 bits per heavy atom. The average molecular weight is 156 g/mol. The number of carboxylic acid groups (broad SMARTS) is 1. The number of hydrogen-bond donors (Lipinski definition) is 0. The minimum absolute atomic E-state index is 0.380. The van der Waals surface area contributed by atoms with Crippen molar-refractivity contribution in [3.63, 3.8) is 0 Å². The zero-order valence-electron chi connectivity index (χ0n) is 5.64. The van der Waals surface area contributed by atoms with E-state index in [-0.39, 0.29) is 0 Å². The molecule has 0 aliphatic heterocycles. The number of rotatable bonds is 1. The van der Waals surface area contributed by atoms with Gasteiger partial charge in [0.15, 0.2) is 0 Å². The van der Waals surface area contributed by atoms with Crippen LogP contribution in [0.5, 0.6) is 0 Å². The van der Waals surface area contributed by atoms with Gasteiger partial charge < -0.3 is 9.90 Å². The van der Waals surface area contributed by atoms with Crippen molar-refractivity contribution in [2.24, 2.45) is 0 Å². The standard InChI is InChI=1S/C3H5O.C2H4O2.Ca/c1-2-3-4;1-2(3)4;/h2H2,1H3;1H3,(H,3,4);/q;;+1/p-1. The molecule has 48 valence electrons. The summed E-state index contributed by atoms with van der Waals surface area (Å²) in [5.74, 6) is -1.08. The van der Waals surface area contributed by atoms with Crippen LogP contribution in [0.1, 0.15) is 20.3 Å². The summed E-state index contributed by atoms with van der Waals surface area (Å²) >= 11 is 0.816. The Kier molecular flexibility index (Phi) is 11.3.